The van der Waals surface area contributed by atoms with Gasteiger partial charge in [0.15, 0.2) is 0 Å². The Morgan fingerprint density at radius 2 is 2.24 bits per heavy atom. The third-order valence-electron chi connectivity index (χ3n) is 3.64. The van der Waals surface area contributed by atoms with Crippen molar-refractivity contribution in [2.75, 3.05) is 11.4 Å². The van der Waals surface area contributed by atoms with Crippen LogP contribution in [0.1, 0.15) is 44.6 Å². The molecule has 1 atom stereocenters. The first kappa shape index (κ1) is 15.7. The van der Waals surface area contributed by atoms with Crippen molar-refractivity contribution in [3.63, 3.8) is 0 Å². The third-order valence-corrected chi connectivity index (χ3v) is 3.95. The predicted octanol–water partition coefficient (Wildman–Crippen LogP) is 4.51. The largest absolute Gasteiger partial charge is 0.444 e. The Bertz CT molecular complexity index is 554. The highest BCUT2D eigenvalue weighted by Crippen LogP contribution is 2.28. The van der Waals surface area contributed by atoms with Crippen LogP contribution in [0.25, 0.3) is 0 Å². The van der Waals surface area contributed by atoms with Crippen LogP contribution >= 0.6 is 11.6 Å². The van der Waals surface area contributed by atoms with Crippen molar-refractivity contribution in [3.05, 3.63) is 28.8 Å². The van der Waals surface area contributed by atoms with Gasteiger partial charge in [-0.2, -0.15) is 5.26 Å². The Labute approximate surface area is 130 Å². The molecular weight excluding hydrogens is 288 g/mol. The zero-order valence-corrected chi connectivity index (χ0v) is 12.9. The van der Waals surface area contributed by atoms with Gasteiger partial charge >= 0.3 is 6.09 Å². The van der Waals surface area contributed by atoms with Gasteiger partial charge in [-0.15, -0.1) is 0 Å². The van der Waals surface area contributed by atoms with E-state index in [0.29, 0.717) is 22.8 Å². The summed E-state index contributed by atoms with van der Waals surface area (Å²) in [5, 5.41) is 9.23. The molecule has 0 radical (unpaired) electrons. The number of ether oxygens (including phenoxy) is 1. The standard InChI is InChI=1S/C16H19ClN2O2/c1-2-3-4-5-6-14-11-19(16(20)21-14)13-8-7-12(10-18)15(17)9-13/h7-9,14H,2-6,11H2,1H3. The Kier molecular flexibility index (Phi) is 5.46. The molecule has 21 heavy (non-hydrogen) atoms. The number of carbonyl (C=O) groups excluding carboxylic acids is 1. The van der Waals surface area contributed by atoms with Crippen LogP contribution in [0.3, 0.4) is 0 Å². The van der Waals surface area contributed by atoms with Gasteiger partial charge in [-0.3, -0.25) is 4.90 Å². The number of amides is 1. The first-order valence-corrected chi connectivity index (χ1v) is 7.71. The molecule has 0 N–H and O–H groups in total. The Morgan fingerprint density at radius 1 is 1.43 bits per heavy atom. The van der Waals surface area contributed by atoms with E-state index in [4.69, 9.17) is 21.6 Å². The molecule has 1 heterocycles. The molecule has 2 rings (SSSR count). The Balaban J connectivity index is 1.97. The molecule has 0 spiro atoms. The molecule has 112 valence electrons. The summed E-state index contributed by atoms with van der Waals surface area (Å²) in [6.07, 6.45) is 5.17. The van der Waals surface area contributed by atoms with Crippen LogP contribution in [-0.2, 0) is 4.74 Å². The second kappa shape index (κ2) is 7.33. The molecule has 1 fully saturated rings. The van der Waals surface area contributed by atoms with Gasteiger partial charge in [0.05, 0.1) is 17.1 Å². The number of halogens is 1. The lowest BCUT2D eigenvalue weighted by Gasteiger charge is -2.13. The van der Waals surface area contributed by atoms with Gasteiger partial charge in [0, 0.05) is 5.69 Å². The quantitative estimate of drug-likeness (QED) is 0.727. The first-order valence-electron chi connectivity index (χ1n) is 7.33. The fourth-order valence-corrected chi connectivity index (χ4v) is 2.66. The molecule has 1 saturated heterocycles. The van der Waals surface area contributed by atoms with Crippen LogP contribution in [0, 0.1) is 11.3 Å². The number of carbonyl (C=O) groups is 1. The van der Waals surface area contributed by atoms with E-state index in [-0.39, 0.29) is 12.2 Å². The monoisotopic (exact) mass is 306 g/mol. The average Bonchev–Trinajstić information content (AvgIpc) is 2.84. The van der Waals surface area contributed by atoms with Gasteiger partial charge in [-0.25, -0.2) is 4.79 Å². The second-order valence-electron chi connectivity index (χ2n) is 5.24. The highest BCUT2D eigenvalue weighted by molar-refractivity contribution is 6.32. The average molecular weight is 307 g/mol. The number of anilines is 1. The number of hydrogen-bond acceptors (Lipinski definition) is 3. The summed E-state index contributed by atoms with van der Waals surface area (Å²) in [6.45, 7) is 2.72. The third kappa shape index (κ3) is 3.89. The van der Waals surface area contributed by atoms with Crippen molar-refractivity contribution in [1.82, 2.24) is 0 Å². The first-order chi connectivity index (χ1) is 10.2. The Morgan fingerprint density at radius 3 is 2.90 bits per heavy atom. The van der Waals surface area contributed by atoms with Gasteiger partial charge in [0.25, 0.3) is 0 Å². The van der Waals surface area contributed by atoms with Gasteiger partial charge in [-0.05, 0) is 31.0 Å². The summed E-state index contributed by atoms with van der Waals surface area (Å²) < 4.78 is 5.38. The molecule has 1 unspecified atom stereocenters. The van der Waals surface area contributed by atoms with Crippen LogP contribution in [-0.4, -0.2) is 18.7 Å². The molecule has 5 heteroatoms. The topological polar surface area (TPSA) is 53.3 Å². The number of cyclic esters (lactones) is 1. The van der Waals surface area contributed by atoms with E-state index < -0.39 is 0 Å². The summed E-state index contributed by atoms with van der Waals surface area (Å²) in [7, 11) is 0. The summed E-state index contributed by atoms with van der Waals surface area (Å²) in [6, 6.07) is 7.00. The summed E-state index contributed by atoms with van der Waals surface area (Å²) in [4.78, 5) is 13.5. The fourth-order valence-electron chi connectivity index (χ4n) is 2.44. The van der Waals surface area contributed by atoms with Crippen LogP contribution in [0.5, 0.6) is 0 Å². The molecule has 1 aromatic rings. The van der Waals surface area contributed by atoms with Crippen molar-refractivity contribution < 1.29 is 9.53 Å². The van der Waals surface area contributed by atoms with E-state index in [1.807, 2.05) is 6.07 Å². The van der Waals surface area contributed by atoms with Gasteiger partial charge < -0.3 is 4.74 Å². The van der Waals surface area contributed by atoms with Crippen molar-refractivity contribution in [2.45, 2.75) is 45.1 Å². The minimum atomic E-state index is -0.337. The van der Waals surface area contributed by atoms with Gasteiger partial charge in [0.2, 0.25) is 0 Å². The van der Waals surface area contributed by atoms with E-state index >= 15 is 0 Å². The Hall–Kier alpha value is -1.73. The molecule has 1 aromatic carbocycles. The molecule has 1 amide bonds. The SMILES string of the molecule is CCCCCCC1CN(c2ccc(C#N)c(Cl)c2)C(=O)O1. The molecule has 0 aliphatic carbocycles. The second-order valence-corrected chi connectivity index (χ2v) is 5.65. The number of rotatable bonds is 6. The maximum Gasteiger partial charge on any atom is 0.414 e. The molecule has 4 nitrogen and oxygen atoms in total. The smallest absolute Gasteiger partial charge is 0.414 e. The summed E-state index contributed by atoms with van der Waals surface area (Å²) in [5.74, 6) is 0. The zero-order chi connectivity index (χ0) is 15.2. The predicted molar refractivity (Wildman–Crippen MR) is 82.5 cm³/mol. The van der Waals surface area contributed by atoms with Gasteiger partial charge in [-0.1, -0.05) is 37.8 Å². The van der Waals surface area contributed by atoms with E-state index in [9.17, 15) is 4.79 Å². The number of hydrogen-bond donors (Lipinski definition) is 0. The molecular formula is C16H19ClN2O2. The fraction of sp³-hybridized carbons (Fsp3) is 0.500. The van der Waals surface area contributed by atoms with Crippen molar-refractivity contribution in [2.24, 2.45) is 0 Å². The highest BCUT2D eigenvalue weighted by Gasteiger charge is 2.32. The maximum absolute atomic E-state index is 11.9. The van der Waals surface area contributed by atoms with Crippen molar-refractivity contribution in [1.29, 1.82) is 5.26 Å². The van der Waals surface area contributed by atoms with E-state index in [1.54, 1.807) is 23.1 Å². The molecule has 0 saturated carbocycles. The van der Waals surface area contributed by atoms with Crippen molar-refractivity contribution in [3.8, 4) is 6.07 Å². The molecule has 1 aliphatic heterocycles. The molecule has 0 bridgehead atoms. The normalized spacial score (nSPS) is 17.7. The van der Waals surface area contributed by atoms with E-state index in [0.717, 1.165) is 12.8 Å². The van der Waals surface area contributed by atoms with Crippen LogP contribution in [0.4, 0.5) is 10.5 Å². The summed E-state index contributed by atoms with van der Waals surface area (Å²) >= 11 is 6.01. The number of nitriles is 1. The zero-order valence-electron chi connectivity index (χ0n) is 12.1. The van der Waals surface area contributed by atoms with Crippen LogP contribution < -0.4 is 4.90 Å². The van der Waals surface area contributed by atoms with Gasteiger partial charge in [0.1, 0.15) is 12.2 Å². The number of benzene rings is 1. The highest BCUT2D eigenvalue weighted by atomic mass is 35.5. The van der Waals surface area contributed by atoms with Crippen molar-refractivity contribution >= 4 is 23.4 Å². The molecule has 0 aromatic heterocycles. The summed E-state index contributed by atoms with van der Waals surface area (Å²) in [5.41, 5.74) is 1.09. The minimum absolute atomic E-state index is 0.0521. The van der Waals surface area contributed by atoms with E-state index in [1.165, 1.54) is 19.3 Å². The van der Waals surface area contributed by atoms with Crippen LogP contribution in [0.2, 0.25) is 5.02 Å². The molecule has 1 aliphatic rings. The number of unbranched alkanes of at least 4 members (excludes halogenated alkanes) is 3. The minimum Gasteiger partial charge on any atom is -0.444 e. The van der Waals surface area contributed by atoms with E-state index in [2.05, 4.69) is 6.92 Å². The van der Waals surface area contributed by atoms with Crippen LogP contribution in [0.15, 0.2) is 18.2 Å². The number of nitrogens with zero attached hydrogens (tertiary/aromatic N) is 2. The lowest BCUT2D eigenvalue weighted by molar-refractivity contribution is 0.135. The lowest BCUT2D eigenvalue weighted by Crippen LogP contribution is -2.24. The lowest BCUT2D eigenvalue weighted by atomic mass is 10.1. The maximum atomic E-state index is 11.9.